The van der Waals surface area contributed by atoms with Crippen molar-refractivity contribution in [2.24, 2.45) is 11.7 Å². The summed E-state index contributed by atoms with van der Waals surface area (Å²) in [5.41, 5.74) is 6.43. The van der Waals surface area contributed by atoms with Crippen molar-refractivity contribution in [1.82, 2.24) is 9.80 Å². The Kier molecular flexibility index (Phi) is 7.36. The van der Waals surface area contributed by atoms with Gasteiger partial charge in [-0.15, -0.1) is 0 Å². The fraction of sp³-hybridized carbons (Fsp3) is 0.680. The van der Waals surface area contributed by atoms with E-state index in [1.54, 1.807) is 12.1 Å². The Morgan fingerprint density at radius 3 is 2.38 bits per heavy atom. The van der Waals surface area contributed by atoms with E-state index in [-0.39, 0.29) is 23.1 Å². The molecule has 7 nitrogen and oxygen atoms in total. The molecule has 3 fully saturated rings. The number of para-hydroxylation sites is 1. The summed E-state index contributed by atoms with van der Waals surface area (Å²) in [6.07, 6.45) is 10.2. The quantitative estimate of drug-likeness (QED) is 0.573. The first-order valence-electron chi connectivity index (χ1n) is 12.2. The maximum atomic E-state index is 12.4. The normalized spacial score (nSPS) is 26.2. The summed E-state index contributed by atoms with van der Waals surface area (Å²) in [7, 11) is 0. The van der Waals surface area contributed by atoms with Crippen LogP contribution >= 0.6 is 0 Å². The summed E-state index contributed by atoms with van der Waals surface area (Å²) in [5.74, 6) is 0.0371. The minimum absolute atomic E-state index is 0.0325. The van der Waals surface area contributed by atoms with Gasteiger partial charge < -0.3 is 20.8 Å². The van der Waals surface area contributed by atoms with Crippen LogP contribution in [0.3, 0.4) is 0 Å². The Labute approximate surface area is 190 Å². The average molecular weight is 444 g/mol. The molecule has 32 heavy (non-hydrogen) atoms. The number of fused-ring (bicyclic) bond motifs is 2. The lowest BCUT2D eigenvalue weighted by atomic mass is 9.83. The van der Waals surface area contributed by atoms with Crippen LogP contribution in [0.5, 0.6) is 5.75 Å². The molecule has 2 aliphatic heterocycles. The number of hydrogen-bond acceptors (Lipinski definition) is 5. The first-order chi connectivity index (χ1) is 15.5. The fourth-order valence-corrected chi connectivity index (χ4v) is 6.32. The molecule has 2 atom stereocenters. The van der Waals surface area contributed by atoms with Crippen LogP contribution in [-0.4, -0.2) is 70.2 Å². The lowest BCUT2D eigenvalue weighted by Gasteiger charge is -2.40. The van der Waals surface area contributed by atoms with Crippen molar-refractivity contribution in [1.29, 1.82) is 0 Å². The second-order valence-corrected chi connectivity index (χ2v) is 9.90. The molecule has 1 aromatic rings. The van der Waals surface area contributed by atoms with E-state index < -0.39 is 12.5 Å². The Hall–Kier alpha value is -2.12. The van der Waals surface area contributed by atoms with Crippen molar-refractivity contribution in [3.05, 3.63) is 29.3 Å². The van der Waals surface area contributed by atoms with Crippen LogP contribution in [-0.2, 0) is 4.79 Å². The molecule has 1 aliphatic carbocycles. The van der Waals surface area contributed by atoms with Gasteiger partial charge >= 0.3 is 0 Å². The highest BCUT2D eigenvalue weighted by Crippen LogP contribution is 2.45. The van der Waals surface area contributed by atoms with Gasteiger partial charge in [0.2, 0.25) is 5.91 Å². The van der Waals surface area contributed by atoms with Gasteiger partial charge in [-0.1, -0.05) is 31.4 Å². The summed E-state index contributed by atoms with van der Waals surface area (Å²) in [5, 5.41) is 20.1. The highest BCUT2D eigenvalue weighted by atomic mass is 16.3. The van der Waals surface area contributed by atoms with E-state index >= 15 is 0 Å². The number of hydrogen-bond donors (Lipinski definition) is 3. The Morgan fingerprint density at radius 2 is 1.75 bits per heavy atom. The Bertz CT molecular complexity index is 809. The molecular formula is C25H37N3O4. The molecule has 1 aromatic carbocycles. The summed E-state index contributed by atoms with van der Waals surface area (Å²) < 4.78 is 0. The maximum Gasteiger partial charge on any atom is 0.252 e. The molecule has 1 saturated carbocycles. The summed E-state index contributed by atoms with van der Waals surface area (Å²) >= 11 is 0. The van der Waals surface area contributed by atoms with Crippen molar-refractivity contribution >= 4 is 11.8 Å². The SMILES string of the molecule is NC(=O)c1cccc(C2C[C@H]3CC[C@H](C2)N3CCN(CC2CCCCC2)C(=O)CO)c1O. The van der Waals surface area contributed by atoms with E-state index in [0.29, 0.717) is 24.5 Å². The number of carbonyl (C=O) groups excluding carboxylic acids is 2. The number of nitrogens with zero attached hydrogens (tertiary/aromatic N) is 2. The van der Waals surface area contributed by atoms with Crippen LogP contribution in [0.25, 0.3) is 0 Å². The predicted molar refractivity (Wildman–Crippen MR) is 122 cm³/mol. The lowest BCUT2D eigenvalue weighted by molar-refractivity contribution is -0.135. The minimum atomic E-state index is -0.601. The van der Waals surface area contributed by atoms with Crippen molar-refractivity contribution in [2.75, 3.05) is 26.2 Å². The standard InChI is InChI=1S/C25H37N3O4/c26-25(32)22-8-4-7-21(24(22)31)18-13-19-9-10-20(14-18)28(19)12-11-27(23(30)16-29)15-17-5-2-1-3-6-17/h4,7-8,17-20,29,31H,1-3,5-6,9-16H2,(H2,26,32)/t19-,20-/m1/s1. The molecule has 7 heteroatoms. The van der Waals surface area contributed by atoms with Gasteiger partial charge in [0.25, 0.3) is 5.91 Å². The highest BCUT2D eigenvalue weighted by Gasteiger charge is 2.41. The molecule has 3 aliphatic rings. The molecule has 2 heterocycles. The maximum absolute atomic E-state index is 12.4. The largest absolute Gasteiger partial charge is 0.507 e. The van der Waals surface area contributed by atoms with Crippen molar-refractivity contribution in [3.8, 4) is 5.75 Å². The number of nitrogens with two attached hydrogens (primary N) is 1. The number of aromatic hydroxyl groups is 1. The highest BCUT2D eigenvalue weighted by molar-refractivity contribution is 5.96. The fourth-order valence-electron chi connectivity index (χ4n) is 6.32. The molecule has 0 radical (unpaired) electrons. The Morgan fingerprint density at radius 1 is 1.06 bits per heavy atom. The number of rotatable bonds is 8. The molecule has 4 rings (SSSR count). The number of aliphatic hydroxyl groups is 1. The van der Waals surface area contributed by atoms with Gasteiger partial charge in [-0.05, 0) is 62.0 Å². The van der Waals surface area contributed by atoms with Gasteiger partial charge in [0.05, 0.1) is 5.56 Å². The number of phenols is 1. The molecule has 0 aromatic heterocycles. The molecule has 4 N–H and O–H groups in total. The van der Waals surface area contributed by atoms with E-state index in [1.165, 1.54) is 32.1 Å². The van der Waals surface area contributed by atoms with Crippen molar-refractivity contribution in [2.45, 2.75) is 75.8 Å². The molecular weight excluding hydrogens is 406 g/mol. The van der Waals surface area contributed by atoms with Gasteiger partial charge in [-0.3, -0.25) is 14.5 Å². The number of amides is 2. The van der Waals surface area contributed by atoms with E-state index in [4.69, 9.17) is 5.73 Å². The number of primary amides is 1. The van der Waals surface area contributed by atoms with Crippen LogP contribution in [0.4, 0.5) is 0 Å². The van der Waals surface area contributed by atoms with Gasteiger partial charge in [0.15, 0.2) is 0 Å². The third kappa shape index (κ3) is 4.94. The second-order valence-electron chi connectivity index (χ2n) is 9.90. The smallest absolute Gasteiger partial charge is 0.252 e. The van der Waals surface area contributed by atoms with Crippen LogP contribution in [0, 0.1) is 5.92 Å². The van der Waals surface area contributed by atoms with E-state index in [9.17, 15) is 19.8 Å². The summed E-state index contributed by atoms with van der Waals surface area (Å²) in [4.78, 5) is 28.4. The molecule has 2 amide bonds. The molecule has 176 valence electrons. The number of aliphatic hydroxyl groups excluding tert-OH is 1. The van der Waals surface area contributed by atoms with Gasteiger partial charge in [-0.25, -0.2) is 0 Å². The molecule has 2 saturated heterocycles. The van der Waals surface area contributed by atoms with E-state index in [1.807, 2.05) is 11.0 Å². The molecule has 2 bridgehead atoms. The number of carbonyl (C=O) groups is 2. The van der Waals surface area contributed by atoms with Gasteiger partial charge in [-0.2, -0.15) is 0 Å². The van der Waals surface area contributed by atoms with Crippen molar-refractivity contribution < 1.29 is 19.8 Å². The topological polar surface area (TPSA) is 107 Å². The van der Waals surface area contributed by atoms with E-state index in [2.05, 4.69) is 4.90 Å². The zero-order chi connectivity index (χ0) is 22.7. The number of benzene rings is 1. The lowest BCUT2D eigenvalue weighted by Crippen LogP contribution is -2.48. The first kappa shape index (κ1) is 23.1. The zero-order valence-corrected chi connectivity index (χ0v) is 18.9. The van der Waals surface area contributed by atoms with Crippen LogP contribution < -0.4 is 5.73 Å². The van der Waals surface area contributed by atoms with Crippen molar-refractivity contribution in [3.63, 3.8) is 0 Å². The molecule has 0 unspecified atom stereocenters. The zero-order valence-electron chi connectivity index (χ0n) is 18.9. The van der Waals surface area contributed by atoms with Gasteiger partial charge in [0, 0.05) is 31.7 Å². The van der Waals surface area contributed by atoms with E-state index in [0.717, 1.165) is 44.3 Å². The van der Waals surface area contributed by atoms with Crippen LogP contribution in [0.1, 0.15) is 79.6 Å². The monoisotopic (exact) mass is 443 g/mol. The van der Waals surface area contributed by atoms with Crippen LogP contribution in [0.15, 0.2) is 18.2 Å². The molecule has 0 spiro atoms. The first-order valence-corrected chi connectivity index (χ1v) is 12.2. The average Bonchev–Trinajstić information content (AvgIpc) is 3.03. The summed E-state index contributed by atoms with van der Waals surface area (Å²) in [6.45, 7) is 1.83. The second kappa shape index (κ2) is 10.2. The number of piperidine rings is 1. The van der Waals surface area contributed by atoms with Crippen LogP contribution in [0.2, 0.25) is 0 Å². The predicted octanol–water partition coefficient (Wildman–Crippen LogP) is 2.60. The summed E-state index contributed by atoms with van der Waals surface area (Å²) in [6, 6.07) is 6.11. The third-order valence-electron chi connectivity index (χ3n) is 7.98. The van der Waals surface area contributed by atoms with Gasteiger partial charge in [0.1, 0.15) is 12.4 Å². The third-order valence-corrected chi connectivity index (χ3v) is 7.98. The minimum Gasteiger partial charge on any atom is -0.507 e. The Balaban J connectivity index is 1.39.